The minimum atomic E-state index is -3.64. The number of hydrogen-bond donors (Lipinski definition) is 1. The molecule has 0 aliphatic carbocycles. The molecule has 0 atom stereocenters. The lowest BCUT2D eigenvalue weighted by Crippen LogP contribution is -2.20. The molecule has 15 heavy (non-hydrogen) atoms. The molecule has 1 aliphatic heterocycles. The van der Waals surface area contributed by atoms with Crippen molar-refractivity contribution in [3.63, 3.8) is 0 Å². The molecule has 6 heteroatoms. The van der Waals surface area contributed by atoms with Gasteiger partial charge >= 0.3 is 0 Å². The van der Waals surface area contributed by atoms with Crippen molar-refractivity contribution in [1.82, 2.24) is 4.72 Å². The van der Waals surface area contributed by atoms with Gasteiger partial charge in [0, 0.05) is 0 Å². The number of ether oxygens (including phenoxy) is 1. The monoisotopic (exact) mass is 227 g/mol. The van der Waals surface area contributed by atoms with Crippen LogP contribution in [-0.2, 0) is 10.0 Å². The van der Waals surface area contributed by atoms with Gasteiger partial charge in [-0.25, -0.2) is 13.1 Å². The summed E-state index contributed by atoms with van der Waals surface area (Å²) in [6.07, 6.45) is 0. The van der Waals surface area contributed by atoms with Crippen LogP contribution in [0, 0.1) is 0 Å². The molecule has 0 saturated heterocycles. The third-order valence-electron chi connectivity index (χ3n) is 2.02. The molecule has 0 radical (unpaired) electrons. The first-order valence-corrected chi connectivity index (χ1v) is 5.87. The summed E-state index contributed by atoms with van der Waals surface area (Å²) in [6.45, 7) is 2.27. The van der Waals surface area contributed by atoms with Crippen molar-refractivity contribution in [2.24, 2.45) is 0 Å². The zero-order valence-electron chi connectivity index (χ0n) is 7.98. The van der Waals surface area contributed by atoms with Gasteiger partial charge in [0.1, 0.15) is 10.6 Å². The molecule has 1 aromatic carbocycles. The highest BCUT2D eigenvalue weighted by Gasteiger charge is 2.32. The Morgan fingerprint density at radius 2 is 2.13 bits per heavy atom. The summed E-state index contributed by atoms with van der Waals surface area (Å²) >= 11 is 0. The molecule has 80 valence electrons. The van der Waals surface area contributed by atoms with Gasteiger partial charge in [-0.05, 0) is 25.1 Å². The molecule has 0 fully saturated rings. The first-order valence-electron chi connectivity index (χ1n) is 4.38. The van der Waals surface area contributed by atoms with Crippen molar-refractivity contribution in [3.8, 4) is 5.75 Å². The number of carbonyl (C=O) groups excluding carboxylic acids is 1. The summed E-state index contributed by atoms with van der Waals surface area (Å²) in [7, 11) is -3.64. The Morgan fingerprint density at radius 3 is 2.80 bits per heavy atom. The standard InChI is InChI=1S/C9H9NO4S/c1-2-14-6-3-4-8-7(5-6)9(11)10-15(8,12)13/h3-5H,2H2,1H3,(H,10,11). The fourth-order valence-electron chi connectivity index (χ4n) is 1.41. The molecule has 1 amide bonds. The molecule has 5 nitrogen and oxygen atoms in total. The Morgan fingerprint density at radius 1 is 1.40 bits per heavy atom. The van der Waals surface area contributed by atoms with Crippen LogP contribution >= 0.6 is 0 Å². The van der Waals surface area contributed by atoms with Crippen molar-refractivity contribution in [2.75, 3.05) is 6.61 Å². The predicted octanol–water partition coefficient (Wildman–Crippen LogP) is 0.517. The maximum absolute atomic E-state index is 11.4. The number of sulfonamides is 1. The van der Waals surface area contributed by atoms with Crippen LogP contribution in [0.4, 0.5) is 0 Å². The summed E-state index contributed by atoms with van der Waals surface area (Å²) in [5.74, 6) is -0.116. The molecule has 0 saturated carbocycles. The van der Waals surface area contributed by atoms with E-state index >= 15 is 0 Å². The van der Waals surface area contributed by atoms with E-state index in [0.29, 0.717) is 12.4 Å². The quantitative estimate of drug-likeness (QED) is 0.799. The molecule has 1 heterocycles. The molecule has 0 unspecified atom stereocenters. The van der Waals surface area contributed by atoms with E-state index in [1.54, 1.807) is 0 Å². The van der Waals surface area contributed by atoms with Crippen molar-refractivity contribution in [2.45, 2.75) is 11.8 Å². The number of nitrogens with one attached hydrogen (secondary N) is 1. The zero-order chi connectivity index (χ0) is 11.1. The van der Waals surface area contributed by atoms with Crippen LogP contribution in [-0.4, -0.2) is 20.9 Å². The van der Waals surface area contributed by atoms with Crippen LogP contribution in [0.15, 0.2) is 23.1 Å². The number of rotatable bonds is 2. The average Bonchev–Trinajstić information content (AvgIpc) is 2.38. The Labute approximate surface area is 87.1 Å². The molecular weight excluding hydrogens is 218 g/mol. The molecule has 0 spiro atoms. The minimum absolute atomic E-state index is 0.0101. The summed E-state index contributed by atoms with van der Waals surface area (Å²) < 4.78 is 29.8. The highest BCUT2D eigenvalue weighted by molar-refractivity contribution is 7.90. The predicted molar refractivity (Wildman–Crippen MR) is 52.3 cm³/mol. The van der Waals surface area contributed by atoms with E-state index in [0.717, 1.165) is 0 Å². The molecule has 0 bridgehead atoms. The van der Waals surface area contributed by atoms with Crippen molar-refractivity contribution in [1.29, 1.82) is 0 Å². The number of fused-ring (bicyclic) bond motifs is 1. The van der Waals surface area contributed by atoms with E-state index in [1.807, 2.05) is 11.6 Å². The zero-order valence-corrected chi connectivity index (χ0v) is 8.80. The van der Waals surface area contributed by atoms with E-state index in [1.165, 1.54) is 18.2 Å². The van der Waals surface area contributed by atoms with Crippen LogP contribution in [0.1, 0.15) is 17.3 Å². The molecule has 1 N–H and O–H groups in total. The SMILES string of the molecule is CCOc1ccc2c(c1)C(=O)NS2(=O)=O. The highest BCUT2D eigenvalue weighted by atomic mass is 32.2. The van der Waals surface area contributed by atoms with Crippen LogP contribution < -0.4 is 9.46 Å². The average molecular weight is 227 g/mol. The fraction of sp³-hybridized carbons (Fsp3) is 0.222. The van der Waals surface area contributed by atoms with Crippen molar-refractivity contribution in [3.05, 3.63) is 23.8 Å². The molecule has 1 aromatic rings. The Kier molecular flexibility index (Phi) is 2.15. The van der Waals surface area contributed by atoms with Gasteiger partial charge in [0.15, 0.2) is 0 Å². The third-order valence-corrected chi connectivity index (χ3v) is 3.41. The lowest BCUT2D eigenvalue weighted by atomic mass is 10.2. The van der Waals surface area contributed by atoms with Crippen LogP contribution in [0.2, 0.25) is 0 Å². The van der Waals surface area contributed by atoms with E-state index < -0.39 is 15.9 Å². The van der Waals surface area contributed by atoms with E-state index in [-0.39, 0.29) is 10.5 Å². The normalized spacial score (nSPS) is 17.0. The van der Waals surface area contributed by atoms with Crippen LogP contribution in [0.25, 0.3) is 0 Å². The van der Waals surface area contributed by atoms with Gasteiger partial charge in [-0.3, -0.25) is 4.79 Å². The topological polar surface area (TPSA) is 72.5 Å². The van der Waals surface area contributed by atoms with E-state index in [4.69, 9.17) is 4.74 Å². The van der Waals surface area contributed by atoms with Gasteiger partial charge in [0.2, 0.25) is 0 Å². The maximum Gasteiger partial charge on any atom is 0.266 e. The molecule has 0 aromatic heterocycles. The number of carbonyl (C=O) groups is 1. The van der Waals surface area contributed by atoms with Crippen LogP contribution in [0.3, 0.4) is 0 Å². The summed E-state index contributed by atoms with van der Waals surface area (Å²) in [4.78, 5) is 11.3. The molecular formula is C9H9NO4S. The van der Waals surface area contributed by atoms with E-state index in [2.05, 4.69) is 0 Å². The van der Waals surface area contributed by atoms with Gasteiger partial charge in [0.05, 0.1) is 12.2 Å². The lowest BCUT2D eigenvalue weighted by molar-refractivity contribution is 0.0984. The number of amides is 1. The Balaban J connectivity index is 2.56. The van der Waals surface area contributed by atoms with E-state index in [9.17, 15) is 13.2 Å². The van der Waals surface area contributed by atoms with Gasteiger partial charge in [-0.1, -0.05) is 0 Å². The minimum Gasteiger partial charge on any atom is -0.494 e. The Hall–Kier alpha value is -1.56. The second-order valence-corrected chi connectivity index (χ2v) is 4.68. The number of benzene rings is 1. The smallest absolute Gasteiger partial charge is 0.266 e. The third kappa shape index (κ3) is 1.56. The lowest BCUT2D eigenvalue weighted by Gasteiger charge is -2.02. The first kappa shape index (κ1) is 9.97. The number of hydrogen-bond acceptors (Lipinski definition) is 4. The maximum atomic E-state index is 11.4. The van der Waals surface area contributed by atoms with Crippen molar-refractivity contribution >= 4 is 15.9 Å². The van der Waals surface area contributed by atoms with Gasteiger partial charge in [-0.2, -0.15) is 0 Å². The second-order valence-electron chi connectivity index (χ2n) is 3.03. The van der Waals surface area contributed by atoms with Gasteiger partial charge in [0.25, 0.3) is 15.9 Å². The molecule has 2 rings (SSSR count). The second kappa shape index (κ2) is 3.23. The molecule has 1 aliphatic rings. The van der Waals surface area contributed by atoms with Crippen LogP contribution in [0.5, 0.6) is 5.75 Å². The summed E-state index contributed by atoms with van der Waals surface area (Å²) in [5.41, 5.74) is 0.140. The Bertz CT molecular complexity index is 521. The summed E-state index contributed by atoms with van der Waals surface area (Å²) in [5, 5.41) is 0. The highest BCUT2D eigenvalue weighted by Crippen LogP contribution is 2.26. The summed E-state index contributed by atoms with van der Waals surface area (Å²) in [6, 6.07) is 4.33. The fourth-order valence-corrected chi connectivity index (χ4v) is 2.56. The first-order chi connectivity index (χ1) is 7.04. The largest absolute Gasteiger partial charge is 0.494 e. The van der Waals surface area contributed by atoms with Gasteiger partial charge < -0.3 is 4.74 Å². The van der Waals surface area contributed by atoms with Crippen molar-refractivity contribution < 1.29 is 17.9 Å². The van der Waals surface area contributed by atoms with Gasteiger partial charge in [-0.15, -0.1) is 0 Å².